The summed E-state index contributed by atoms with van der Waals surface area (Å²) in [5.74, 6) is 0.739. The summed E-state index contributed by atoms with van der Waals surface area (Å²) in [6.45, 7) is 0.154. The van der Waals surface area contributed by atoms with Gasteiger partial charge >= 0.3 is 0 Å². The Bertz CT molecular complexity index is 1070. The van der Waals surface area contributed by atoms with Crippen LogP contribution in [0.3, 0.4) is 0 Å². The highest BCUT2D eigenvalue weighted by atomic mass is 19.1. The number of benzene rings is 2. The Hall–Kier alpha value is -3.48. The lowest BCUT2D eigenvalue weighted by Crippen LogP contribution is -2.20. The summed E-state index contributed by atoms with van der Waals surface area (Å²) in [6.07, 6.45) is 3.19. The average molecular weight is 336 g/mol. The van der Waals surface area contributed by atoms with E-state index in [1.54, 1.807) is 12.4 Å². The number of hydrogen-bond acceptors (Lipinski definition) is 4. The second-order valence-corrected chi connectivity index (χ2v) is 5.35. The molecule has 6 nitrogen and oxygen atoms in total. The largest absolute Gasteiger partial charge is 0.486 e. The van der Waals surface area contributed by atoms with Crippen molar-refractivity contribution < 1.29 is 9.13 Å². The standard InChI is InChI=1S/C18H13FN4O2/c19-13-6-8-14(9-7-13)22-10-11-23-17(18(22)24)20-16(21-23)12-25-15-4-2-1-3-5-15/h1-11H,12H2. The van der Waals surface area contributed by atoms with Crippen LogP contribution in [0.25, 0.3) is 11.3 Å². The molecule has 0 aliphatic carbocycles. The van der Waals surface area contributed by atoms with Gasteiger partial charge in [-0.05, 0) is 36.4 Å². The van der Waals surface area contributed by atoms with Crippen LogP contribution in [0.2, 0.25) is 0 Å². The number of para-hydroxylation sites is 1. The van der Waals surface area contributed by atoms with Gasteiger partial charge in [-0.3, -0.25) is 9.36 Å². The normalized spacial score (nSPS) is 10.9. The molecular weight excluding hydrogens is 323 g/mol. The van der Waals surface area contributed by atoms with Gasteiger partial charge in [-0.1, -0.05) is 18.2 Å². The maximum absolute atomic E-state index is 13.1. The molecule has 0 atom stereocenters. The van der Waals surface area contributed by atoms with Gasteiger partial charge in [-0.15, -0.1) is 5.10 Å². The van der Waals surface area contributed by atoms with E-state index in [0.29, 0.717) is 17.3 Å². The first kappa shape index (κ1) is 15.1. The molecule has 2 aromatic heterocycles. The molecule has 0 fully saturated rings. The summed E-state index contributed by atoms with van der Waals surface area (Å²) in [7, 11) is 0. The number of ether oxygens (including phenoxy) is 1. The molecule has 7 heteroatoms. The van der Waals surface area contributed by atoms with Crippen LogP contribution in [0.4, 0.5) is 4.39 Å². The molecule has 0 unspecified atom stereocenters. The molecular formula is C18H13FN4O2. The van der Waals surface area contributed by atoms with Gasteiger partial charge in [0.15, 0.2) is 5.82 Å². The van der Waals surface area contributed by atoms with Crippen LogP contribution in [0, 0.1) is 5.82 Å². The highest BCUT2D eigenvalue weighted by molar-refractivity contribution is 5.40. The first-order chi connectivity index (χ1) is 12.2. The second-order valence-electron chi connectivity index (χ2n) is 5.35. The molecule has 25 heavy (non-hydrogen) atoms. The highest BCUT2D eigenvalue weighted by Gasteiger charge is 2.11. The molecule has 0 saturated carbocycles. The molecule has 0 amide bonds. The summed E-state index contributed by atoms with van der Waals surface area (Å²) in [4.78, 5) is 16.9. The van der Waals surface area contributed by atoms with Gasteiger partial charge in [0.25, 0.3) is 5.56 Å². The smallest absolute Gasteiger partial charge is 0.300 e. The molecule has 4 aromatic rings. The minimum Gasteiger partial charge on any atom is -0.486 e. The van der Waals surface area contributed by atoms with Gasteiger partial charge in [0, 0.05) is 18.1 Å². The molecule has 0 saturated heterocycles. The number of nitrogens with zero attached hydrogens (tertiary/aromatic N) is 4. The van der Waals surface area contributed by atoms with Crippen molar-refractivity contribution in [3.8, 4) is 11.4 Å². The van der Waals surface area contributed by atoms with Crippen LogP contribution in [-0.2, 0) is 6.61 Å². The summed E-state index contributed by atoms with van der Waals surface area (Å²) < 4.78 is 21.5. The van der Waals surface area contributed by atoms with Crippen molar-refractivity contribution in [3.05, 3.63) is 89.0 Å². The SMILES string of the molecule is O=c1c2nc(COc3ccccc3)nn2ccn1-c1ccc(F)cc1. The van der Waals surface area contributed by atoms with Gasteiger partial charge in [0.05, 0.1) is 0 Å². The maximum Gasteiger partial charge on any atom is 0.300 e. The van der Waals surface area contributed by atoms with E-state index in [4.69, 9.17) is 4.74 Å². The predicted molar refractivity (Wildman–Crippen MR) is 89.3 cm³/mol. The lowest BCUT2D eigenvalue weighted by molar-refractivity contribution is 0.296. The van der Waals surface area contributed by atoms with E-state index in [0.717, 1.165) is 0 Å². The van der Waals surface area contributed by atoms with E-state index in [9.17, 15) is 9.18 Å². The van der Waals surface area contributed by atoms with Crippen molar-refractivity contribution in [1.82, 2.24) is 19.2 Å². The first-order valence-corrected chi connectivity index (χ1v) is 7.61. The topological polar surface area (TPSA) is 61.4 Å². The summed E-state index contributed by atoms with van der Waals surface area (Å²) in [5.41, 5.74) is 0.394. The number of aromatic nitrogens is 4. The van der Waals surface area contributed by atoms with Crippen molar-refractivity contribution in [2.24, 2.45) is 0 Å². The van der Waals surface area contributed by atoms with Gasteiger partial charge in [0.1, 0.15) is 18.2 Å². The van der Waals surface area contributed by atoms with E-state index >= 15 is 0 Å². The van der Waals surface area contributed by atoms with Crippen molar-refractivity contribution >= 4 is 5.65 Å². The lowest BCUT2D eigenvalue weighted by Gasteiger charge is -2.04. The second kappa shape index (κ2) is 6.20. The molecule has 0 aliphatic rings. The van der Waals surface area contributed by atoms with Crippen LogP contribution in [0.15, 0.2) is 71.8 Å². The van der Waals surface area contributed by atoms with Gasteiger partial charge in [0.2, 0.25) is 5.65 Å². The molecule has 2 aromatic carbocycles. The van der Waals surface area contributed by atoms with E-state index < -0.39 is 0 Å². The summed E-state index contributed by atoms with van der Waals surface area (Å²) in [5, 5.41) is 4.24. The van der Waals surface area contributed by atoms with Crippen LogP contribution in [-0.4, -0.2) is 19.2 Å². The van der Waals surface area contributed by atoms with Crippen molar-refractivity contribution in [3.63, 3.8) is 0 Å². The molecule has 2 heterocycles. The Morgan fingerprint density at radius 1 is 1.00 bits per heavy atom. The Morgan fingerprint density at radius 2 is 1.76 bits per heavy atom. The predicted octanol–water partition coefficient (Wildman–Crippen LogP) is 2.60. The fourth-order valence-electron chi connectivity index (χ4n) is 2.45. The Labute approximate surface area is 141 Å². The third kappa shape index (κ3) is 2.99. The van der Waals surface area contributed by atoms with Crippen molar-refractivity contribution in [2.45, 2.75) is 6.61 Å². The van der Waals surface area contributed by atoms with E-state index in [2.05, 4.69) is 10.1 Å². The quantitative estimate of drug-likeness (QED) is 0.575. The number of rotatable bonds is 4. The number of halogens is 1. The molecule has 0 radical (unpaired) electrons. The van der Waals surface area contributed by atoms with Gasteiger partial charge in [-0.25, -0.2) is 13.9 Å². The highest BCUT2D eigenvalue weighted by Crippen LogP contribution is 2.11. The molecule has 0 bridgehead atoms. The summed E-state index contributed by atoms with van der Waals surface area (Å²) >= 11 is 0. The lowest BCUT2D eigenvalue weighted by atomic mass is 10.3. The Kier molecular flexibility index (Phi) is 3.74. The molecule has 4 rings (SSSR count). The fourth-order valence-corrected chi connectivity index (χ4v) is 2.45. The number of hydrogen-bond donors (Lipinski definition) is 0. The van der Waals surface area contributed by atoms with E-state index in [-0.39, 0.29) is 23.6 Å². The van der Waals surface area contributed by atoms with E-state index in [1.165, 1.54) is 33.3 Å². The molecule has 0 aliphatic heterocycles. The third-order valence-corrected chi connectivity index (χ3v) is 3.66. The van der Waals surface area contributed by atoms with Gasteiger partial charge in [-0.2, -0.15) is 0 Å². The van der Waals surface area contributed by atoms with Crippen LogP contribution >= 0.6 is 0 Å². The zero-order chi connectivity index (χ0) is 17.2. The monoisotopic (exact) mass is 336 g/mol. The van der Waals surface area contributed by atoms with Crippen LogP contribution < -0.4 is 10.3 Å². The van der Waals surface area contributed by atoms with Crippen LogP contribution in [0.1, 0.15) is 5.82 Å². The van der Waals surface area contributed by atoms with Crippen molar-refractivity contribution in [1.29, 1.82) is 0 Å². The van der Waals surface area contributed by atoms with Crippen molar-refractivity contribution in [2.75, 3.05) is 0 Å². The zero-order valence-electron chi connectivity index (χ0n) is 13.0. The Morgan fingerprint density at radius 3 is 2.52 bits per heavy atom. The number of fused-ring (bicyclic) bond motifs is 1. The van der Waals surface area contributed by atoms with Gasteiger partial charge < -0.3 is 4.74 Å². The molecule has 0 N–H and O–H groups in total. The summed E-state index contributed by atoms with van der Waals surface area (Å²) in [6, 6.07) is 15.0. The molecule has 124 valence electrons. The fraction of sp³-hybridized carbons (Fsp3) is 0.0556. The average Bonchev–Trinajstić information content (AvgIpc) is 3.06. The minimum absolute atomic E-state index is 0.154. The maximum atomic E-state index is 13.1. The third-order valence-electron chi connectivity index (χ3n) is 3.66. The van der Waals surface area contributed by atoms with Crippen LogP contribution in [0.5, 0.6) is 5.75 Å². The zero-order valence-corrected chi connectivity index (χ0v) is 13.0. The first-order valence-electron chi connectivity index (χ1n) is 7.61. The molecule has 0 spiro atoms. The minimum atomic E-state index is -0.360. The van der Waals surface area contributed by atoms with E-state index in [1.807, 2.05) is 30.3 Å². The Balaban J connectivity index is 1.65.